The van der Waals surface area contributed by atoms with Crippen LogP contribution in [0.25, 0.3) is 0 Å². The van der Waals surface area contributed by atoms with Crippen molar-refractivity contribution in [2.24, 2.45) is 5.92 Å². The topological polar surface area (TPSA) is 159 Å². The summed E-state index contributed by atoms with van der Waals surface area (Å²) in [4.78, 5) is 45.7. The number of nitrogens with one attached hydrogen (secondary N) is 1. The second-order valence-electron chi connectivity index (χ2n) is 11.6. The highest BCUT2D eigenvalue weighted by molar-refractivity contribution is 5.98. The number of benzene rings is 3. The lowest BCUT2D eigenvalue weighted by molar-refractivity contribution is -0.946. The fourth-order valence-electron chi connectivity index (χ4n) is 6.19. The molecule has 3 heterocycles. The van der Waals surface area contributed by atoms with Crippen LogP contribution in [0.1, 0.15) is 40.7 Å². The number of nitrogens with zero attached hydrogens (tertiary/aromatic N) is 2. The Morgan fingerprint density at radius 1 is 0.915 bits per heavy atom. The molecule has 2 bridgehead atoms. The van der Waals surface area contributed by atoms with Crippen molar-refractivity contribution in [1.29, 1.82) is 0 Å². The number of carbonyl (C=O) groups is 3. The highest BCUT2D eigenvalue weighted by Gasteiger charge is 2.50. The number of para-hydroxylation sites is 1. The first kappa shape index (κ1) is 35.0. The molecule has 0 aromatic heterocycles. The van der Waals surface area contributed by atoms with E-state index >= 15 is 0 Å². The van der Waals surface area contributed by atoms with Crippen molar-refractivity contribution in [3.63, 3.8) is 0 Å². The monoisotopic (exact) mass is 657 g/mol. The van der Waals surface area contributed by atoms with Crippen LogP contribution in [0.5, 0.6) is 0 Å². The van der Waals surface area contributed by atoms with Gasteiger partial charge in [-0.05, 0) is 17.2 Å². The molecule has 250 valence electrons. The summed E-state index contributed by atoms with van der Waals surface area (Å²) in [6.45, 7) is 3.78. The molecule has 3 saturated heterocycles. The van der Waals surface area contributed by atoms with E-state index in [0.717, 1.165) is 37.0 Å². The van der Waals surface area contributed by atoms with Gasteiger partial charge in [-0.2, -0.15) is 13.2 Å². The summed E-state index contributed by atoms with van der Waals surface area (Å²) in [7, 11) is 0. The van der Waals surface area contributed by atoms with Gasteiger partial charge < -0.3 is 29.5 Å². The summed E-state index contributed by atoms with van der Waals surface area (Å²) < 4.78 is 38.5. The maximum atomic E-state index is 13.7. The van der Waals surface area contributed by atoms with Gasteiger partial charge in [0.2, 0.25) is 5.60 Å². The maximum Gasteiger partial charge on any atom is 0.430 e. The molecule has 1 amide bonds. The zero-order chi connectivity index (χ0) is 34.2. The van der Waals surface area contributed by atoms with Crippen molar-refractivity contribution in [1.82, 2.24) is 5.32 Å². The van der Waals surface area contributed by atoms with Crippen LogP contribution in [0.3, 0.4) is 0 Å². The van der Waals surface area contributed by atoms with Crippen molar-refractivity contribution >= 4 is 23.5 Å². The number of ether oxygens (including phenoxy) is 1. The van der Waals surface area contributed by atoms with Crippen LogP contribution in [0.4, 0.5) is 18.9 Å². The summed E-state index contributed by atoms with van der Waals surface area (Å²) in [6.07, 6.45) is -2.96. The van der Waals surface area contributed by atoms with Crippen LogP contribution in [-0.2, 0) is 19.9 Å². The predicted molar refractivity (Wildman–Crippen MR) is 159 cm³/mol. The number of quaternary nitrogens is 1. The Kier molecular flexibility index (Phi) is 11.0. The Morgan fingerprint density at radius 3 is 1.94 bits per heavy atom. The standard InChI is InChI=1S/C31H33N3O6.C2HF3O2/c35-29(26-14-7-8-15-27(26)33(38)39)32-18-9-19-34-20-16-23(17-21-34)28(22-34)40-30(36)31(37,24-10-3-1-4-11-24)25-12-5-2-6-13-25;3-2(4,5)1(6)7/h1-8,10-15,23,28,37H,9,16-22H2;(H,6,7)/t23?,28-,34?;/m0./s1. The minimum Gasteiger partial charge on any atom is -0.542 e. The summed E-state index contributed by atoms with van der Waals surface area (Å²) >= 11 is 0. The smallest absolute Gasteiger partial charge is 0.430 e. The lowest BCUT2D eigenvalue weighted by Gasteiger charge is -2.52. The molecule has 47 heavy (non-hydrogen) atoms. The highest BCUT2D eigenvalue weighted by Crippen LogP contribution is 2.38. The third-order valence-electron chi connectivity index (χ3n) is 8.65. The van der Waals surface area contributed by atoms with Gasteiger partial charge in [-0.25, -0.2) is 4.79 Å². The molecule has 2 N–H and O–H groups in total. The molecule has 3 aliphatic heterocycles. The van der Waals surface area contributed by atoms with Gasteiger partial charge in [0.15, 0.2) is 6.10 Å². The number of alkyl halides is 3. The molecule has 3 aliphatic rings. The summed E-state index contributed by atoms with van der Waals surface area (Å²) in [5.41, 5.74) is -1.15. The van der Waals surface area contributed by atoms with Gasteiger partial charge in [-0.3, -0.25) is 14.9 Å². The number of amides is 1. The molecule has 6 rings (SSSR count). The van der Waals surface area contributed by atoms with Crippen LogP contribution in [0, 0.1) is 16.0 Å². The number of hydrogen-bond acceptors (Lipinski definition) is 8. The summed E-state index contributed by atoms with van der Waals surface area (Å²) in [5, 5.41) is 34.6. The van der Waals surface area contributed by atoms with Crippen LogP contribution in [-0.4, -0.2) is 77.4 Å². The normalized spacial score (nSPS) is 20.3. The van der Waals surface area contributed by atoms with Crippen molar-refractivity contribution in [2.75, 3.05) is 32.7 Å². The Morgan fingerprint density at radius 2 is 1.43 bits per heavy atom. The molecule has 0 spiro atoms. The Hall–Kier alpha value is -4.82. The van der Waals surface area contributed by atoms with Crippen LogP contribution >= 0.6 is 0 Å². The Bertz CT molecular complexity index is 1520. The highest BCUT2D eigenvalue weighted by atomic mass is 19.4. The van der Waals surface area contributed by atoms with E-state index in [-0.39, 0.29) is 23.3 Å². The van der Waals surface area contributed by atoms with Gasteiger partial charge in [0, 0.05) is 37.8 Å². The van der Waals surface area contributed by atoms with Crippen LogP contribution in [0.2, 0.25) is 0 Å². The number of nitro groups is 1. The lowest BCUT2D eigenvalue weighted by atomic mass is 9.82. The van der Waals surface area contributed by atoms with E-state index in [1.54, 1.807) is 54.6 Å². The third-order valence-corrected chi connectivity index (χ3v) is 8.65. The van der Waals surface area contributed by atoms with E-state index in [2.05, 4.69) is 5.32 Å². The van der Waals surface area contributed by atoms with E-state index in [0.29, 0.717) is 30.6 Å². The molecule has 0 radical (unpaired) electrons. The zero-order valence-electron chi connectivity index (χ0n) is 25.2. The summed E-state index contributed by atoms with van der Waals surface area (Å²) in [5.74, 6) is -3.89. The van der Waals surface area contributed by atoms with Crippen LogP contribution in [0.15, 0.2) is 84.9 Å². The number of carboxylic acids is 1. The van der Waals surface area contributed by atoms with Crippen molar-refractivity contribution < 1.29 is 51.9 Å². The Labute approximate surface area is 268 Å². The average molecular weight is 658 g/mol. The number of carboxylic acid groups (broad SMARTS) is 1. The van der Waals surface area contributed by atoms with Gasteiger partial charge in [0.05, 0.1) is 24.6 Å². The number of rotatable bonds is 10. The average Bonchev–Trinajstić information content (AvgIpc) is 3.07. The first-order chi connectivity index (χ1) is 22.3. The fourth-order valence-corrected chi connectivity index (χ4v) is 6.19. The Balaban J connectivity index is 0.000000644. The first-order valence-electron chi connectivity index (χ1n) is 15.0. The van der Waals surface area contributed by atoms with Gasteiger partial charge in [-0.15, -0.1) is 0 Å². The number of halogens is 3. The minimum absolute atomic E-state index is 0.0506. The van der Waals surface area contributed by atoms with Crippen molar-refractivity contribution in [2.45, 2.75) is 37.1 Å². The zero-order valence-corrected chi connectivity index (χ0v) is 25.2. The molecule has 14 heteroatoms. The number of piperidine rings is 3. The lowest BCUT2D eigenvalue weighted by Crippen LogP contribution is -2.65. The molecule has 0 aliphatic carbocycles. The SMILES string of the molecule is O=C(NCCC[N+]12CCC(CC1)[C@@H](OC(=O)C(O)(c1ccccc1)c1ccccc1)C2)c1ccccc1[N+](=O)[O-].O=C([O-])C(F)(F)F. The van der Waals surface area contributed by atoms with Gasteiger partial charge in [0.25, 0.3) is 11.6 Å². The second-order valence-corrected chi connectivity index (χ2v) is 11.6. The number of fused-ring (bicyclic) bond motifs is 3. The molecule has 0 saturated carbocycles. The van der Waals surface area contributed by atoms with Gasteiger partial charge >= 0.3 is 12.1 Å². The van der Waals surface area contributed by atoms with E-state index in [4.69, 9.17) is 14.6 Å². The molecule has 3 aromatic rings. The number of nitro benzene ring substituents is 1. The molecule has 3 aromatic carbocycles. The molecule has 0 unspecified atom stereocenters. The van der Waals surface area contributed by atoms with Gasteiger partial charge in [-0.1, -0.05) is 72.8 Å². The van der Waals surface area contributed by atoms with E-state index < -0.39 is 34.5 Å². The van der Waals surface area contributed by atoms with E-state index in [1.807, 2.05) is 12.1 Å². The quantitative estimate of drug-likeness (QED) is 0.111. The number of aliphatic hydroxyl groups is 1. The molecule has 3 fully saturated rings. The largest absolute Gasteiger partial charge is 0.542 e. The molecule has 1 atom stereocenters. The molecule has 11 nitrogen and oxygen atoms in total. The third kappa shape index (κ3) is 8.32. The van der Waals surface area contributed by atoms with E-state index in [1.165, 1.54) is 18.2 Å². The predicted octanol–water partition coefficient (Wildman–Crippen LogP) is 3.10. The number of carbonyl (C=O) groups excluding carboxylic acids is 3. The van der Waals surface area contributed by atoms with Crippen LogP contribution < -0.4 is 10.4 Å². The first-order valence-corrected chi connectivity index (χ1v) is 15.0. The molecular weight excluding hydrogens is 623 g/mol. The minimum atomic E-state index is -5.19. The summed E-state index contributed by atoms with van der Waals surface area (Å²) in [6, 6.07) is 23.7. The van der Waals surface area contributed by atoms with E-state index in [9.17, 15) is 38.0 Å². The van der Waals surface area contributed by atoms with Crippen molar-refractivity contribution in [3.8, 4) is 0 Å². The fraction of sp³-hybridized carbons (Fsp3) is 0.364. The van der Waals surface area contributed by atoms with Crippen molar-refractivity contribution in [3.05, 3.63) is 112 Å². The molecular formula is C33H34F3N3O8. The number of hydrogen-bond donors (Lipinski definition) is 2. The second kappa shape index (κ2) is 14.7. The number of esters is 1. The maximum absolute atomic E-state index is 13.7. The number of aliphatic carboxylic acids is 1. The van der Waals surface area contributed by atoms with Gasteiger partial charge in [0.1, 0.15) is 18.1 Å².